The SMILES string of the molecule is Cc1nccc(CC(C)N)c1B1OC(C)(C)C(C)(C)O1. The largest absolute Gasteiger partial charge is 0.496 e. The lowest BCUT2D eigenvalue weighted by atomic mass is 9.74. The number of hydrogen-bond acceptors (Lipinski definition) is 4. The average molecular weight is 276 g/mol. The van der Waals surface area contributed by atoms with Crippen molar-refractivity contribution in [3.05, 3.63) is 23.5 Å². The lowest BCUT2D eigenvalue weighted by Crippen LogP contribution is -2.41. The monoisotopic (exact) mass is 276 g/mol. The van der Waals surface area contributed by atoms with Gasteiger partial charge < -0.3 is 15.0 Å². The van der Waals surface area contributed by atoms with E-state index in [0.29, 0.717) is 0 Å². The van der Waals surface area contributed by atoms with Gasteiger partial charge in [-0.15, -0.1) is 0 Å². The van der Waals surface area contributed by atoms with Crippen LogP contribution >= 0.6 is 0 Å². The van der Waals surface area contributed by atoms with Crippen molar-refractivity contribution in [3.8, 4) is 0 Å². The zero-order valence-electron chi connectivity index (χ0n) is 13.4. The van der Waals surface area contributed by atoms with Gasteiger partial charge in [-0.05, 0) is 59.6 Å². The smallest absolute Gasteiger partial charge is 0.399 e. The van der Waals surface area contributed by atoms with E-state index in [1.807, 2.05) is 26.1 Å². The topological polar surface area (TPSA) is 57.4 Å². The molecule has 5 heteroatoms. The van der Waals surface area contributed by atoms with E-state index in [2.05, 4.69) is 32.7 Å². The van der Waals surface area contributed by atoms with Gasteiger partial charge in [0.25, 0.3) is 0 Å². The van der Waals surface area contributed by atoms with Gasteiger partial charge in [-0.3, -0.25) is 4.98 Å². The average Bonchev–Trinajstić information content (AvgIpc) is 2.46. The molecule has 0 aliphatic carbocycles. The van der Waals surface area contributed by atoms with Gasteiger partial charge in [0.15, 0.2) is 0 Å². The number of aryl methyl sites for hydroxylation is 1. The van der Waals surface area contributed by atoms with E-state index < -0.39 is 0 Å². The molecule has 1 saturated heterocycles. The molecular weight excluding hydrogens is 251 g/mol. The molecular formula is C15H25BN2O2. The summed E-state index contributed by atoms with van der Waals surface area (Å²) in [5.41, 5.74) is 8.40. The van der Waals surface area contributed by atoms with Gasteiger partial charge >= 0.3 is 7.12 Å². The quantitative estimate of drug-likeness (QED) is 0.852. The van der Waals surface area contributed by atoms with Crippen LogP contribution in [0.3, 0.4) is 0 Å². The number of hydrogen-bond donors (Lipinski definition) is 1. The minimum absolute atomic E-state index is 0.0953. The Kier molecular flexibility index (Phi) is 3.97. The number of nitrogens with zero attached hydrogens (tertiary/aromatic N) is 1. The number of rotatable bonds is 3. The molecule has 20 heavy (non-hydrogen) atoms. The molecule has 0 radical (unpaired) electrons. The Hall–Kier alpha value is -0.905. The minimum Gasteiger partial charge on any atom is -0.399 e. The lowest BCUT2D eigenvalue weighted by Gasteiger charge is -2.32. The van der Waals surface area contributed by atoms with Crippen LogP contribution in [-0.2, 0) is 15.7 Å². The Morgan fingerprint density at radius 2 is 1.80 bits per heavy atom. The zero-order chi connectivity index (χ0) is 15.1. The molecule has 1 aromatic rings. The van der Waals surface area contributed by atoms with Crippen LogP contribution < -0.4 is 11.2 Å². The fraction of sp³-hybridized carbons (Fsp3) is 0.667. The molecule has 1 unspecified atom stereocenters. The summed E-state index contributed by atoms with van der Waals surface area (Å²) in [4.78, 5) is 4.39. The van der Waals surface area contributed by atoms with E-state index in [-0.39, 0.29) is 24.4 Å². The summed E-state index contributed by atoms with van der Waals surface area (Å²) < 4.78 is 12.3. The number of pyridine rings is 1. The predicted molar refractivity (Wildman–Crippen MR) is 82.0 cm³/mol. The number of aromatic nitrogens is 1. The molecule has 0 amide bonds. The molecule has 0 aromatic carbocycles. The summed E-state index contributed by atoms with van der Waals surface area (Å²) in [6, 6.07) is 2.11. The van der Waals surface area contributed by atoms with Crippen molar-refractivity contribution >= 4 is 12.6 Å². The molecule has 0 saturated carbocycles. The van der Waals surface area contributed by atoms with Crippen LogP contribution in [0.1, 0.15) is 45.9 Å². The van der Waals surface area contributed by atoms with Crippen LogP contribution in [0.25, 0.3) is 0 Å². The molecule has 2 rings (SSSR count). The molecule has 2 N–H and O–H groups in total. The highest BCUT2D eigenvalue weighted by Gasteiger charge is 2.52. The van der Waals surface area contributed by atoms with Crippen molar-refractivity contribution in [2.45, 2.75) is 65.2 Å². The van der Waals surface area contributed by atoms with E-state index in [1.54, 1.807) is 0 Å². The molecule has 1 aromatic heterocycles. The molecule has 1 atom stereocenters. The third-order valence-corrected chi connectivity index (χ3v) is 4.31. The summed E-state index contributed by atoms with van der Waals surface area (Å²) >= 11 is 0. The van der Waals surface area contributed by atoms with E-state index in [0.717, 1.165) is 23.1 Å². The van der Waals surface area contributed by atoms with Gasteiger partial charge in [0.2, 0.25) is 0 Å². The highest BCUT2D eigenvalue weighted by molar-refractivity contribution is 6.63. The maximum atomic E-state index is 6.15. The van der Waals surface area contributed by atoms with Crippen molar-refractivity contribution in [3.63, 3.8) is 0 Å². The maximum absolute atomic E-state index is 6.15. The van der Waals surface area contributed by atoms with Crippen LogP contribution in [0.15, 0.2) is 12.3 Å². The Morgan fingerprint density at radius 3 is 2.30 bits per heavy atom. The summed E-state index contributed by atoms with van der Waals surface area (Å²) in [5, 5.41) is 0. The van der Waals surface area contributed by atoms with Crippen molar-refractivity contribution in [1.29, 1.82) is 0 Å². The second-order valence-corrected chi connectivity index (χ2v) is 6.74. The highest BCUT2D eigenvalue weighted by Crippen LogP contribution is 2.36. The van der Waals surface area contributed by atoms with Crippen molar-refractivity contribution in [2.75, 3.05) is 0 Å². The van der Waals surface area contributed by atoms with Crippen LogP contribution in [-0.4, -0.2) is 29.3 Å². The second-order valence-electron chi connectivity index (χ2n) is 6.74. The highest BCUT2D eigenvalue weighted by atomic mass is 16.7. The van der Waals surface area contributed by atoms with Gasteiger partial charge in [-0.1, -0.05) is 0 Å². The number of nitrogens with two attached hydrogens (primary N) is 1. The maximum Gasteiger partial charge on any atom is 0.496 e. The van der Waals surface area contributed by atoms with Gasteiger partial charge in [0.1, 0.15) is 0 Å². The minimum atomic E-state index is -0.373. The van der Waals surface area contributed by atoms with Crippen molar-refractivity contribution in [1.82, 2.24) is 4.98 Å². The van der Waals surface area contributed by atoms with Crippen molar-refractivity contribution in [2.24, 2.45) is 5.73 Å². The first-order valence-electron chi connectivity index (χ1n) is 7.19. The molecule has 110 valence electrons. The van der Waals surface area contributed by atoms with E-state index in [1.165, 1.54) is 0 Å². The van der Waals surface area contributed by atoms with E-state index >= 15 is 0 Å². The fourth-order valence-corrected chi connectivity index (χ4v) is 2.44. The summed E-state index contributed by atoms with van der Waals surface area (Å²) in [6.07, 6.45) is 2.62. The first-order chi connectivity index (χ1) is 9.14. The van der Waals surface area contributed by atoms with E-state index in [9.17, 15) is 0 Å². The molecule has 1 aliphatic rings. The molecule has 0 spiro atoms. The summed E-state index contributed by atoms with van der Waals surface area (Å²) in [7, 11) is -0.373. The summed E-state index contributed by atoms with van der Waals surface area (Å²) in [6.45, 7) is 12.2. The molecule has 4 nitrogen and oxygen atoms in total. The predicted octanol–water partition coefficient (Wildman–Crippen LogP) is 1.58. The normalized spacial score (nSPS) is 22.1. The molecule has 1 aliphatic heterocycles. The van der Waals surface area contributed by atoms with Crippen LogP contribution in [0.4, 0.5) is 0 Å². The molecule has 1 fully saturated rings. The lowest BCUT2D eigenvalue weighted by molar-refractivity contribution is 0.00578. The second kappa shape index (κ2) is 5.13. The Bertz CT molecular complexity index is 485. The van der Waals surface area contributed by atoms with E-state index in [4.69, 9.17) is 15.0 Å². The Balaban J connectivity index is 2.39. The Labute approximate surface area is 122 Å². The standard InChI is InChI=1S/C15H25BN2O2/c1-10(17)9-12-7-8-18-11(2)13(12)16-19-14(3,4)15(5,6)20-16/h7-8,10H,9,17H2,1-6H3. The van der Waals surface area contributed by atoms with Gasteiger partial charge in [-0.2, -0.15) is 0 Å². The van der Waals surface area contributed by atoms with Crippen molar-refractivity contribution < 1.29 is 9.31 Å². The first kappa shape index (κ1) is 15.5. The van der Waals surface area contributed by atoms with Crippen LogP contribution in [0.2, 0.25) is 0 Å². The Morgan fingerprint density at radius 1 is 1.25 bits per heavy atom. The zero-order valence-corrected chi connectivity index (χ0v) is 13.4. The van der Waals surface area contributed by atoms with Crippen LogP contribution in [0.5, 0.6) is 0 Å². The van der Waals surface area contributed by atoms with Crippen LogP contribution in [0, 0.1) is 6.92 Å². The third kappa shape index (κ3) is 2.75. The third-order valence-electron chi connectivity index (χ3n) is 4.31. The summed E-state index contributed by atoms with van der Waals surface area (Å²) in [5.74, 6) is 0. The van der Waals surface area contributed by atoms with Gasteiger partial charge in [0.05, 0.1) is 11.2 Å². The fourth-order valence-electron chi connectivity index (χ4n) is 2.44. The molecule has 2 heterocycles. The van der Waals surface area contributed by atoms with Gasteiger partial charge in [0, 0.05) is 23.4 Å². The molecule has 0 bridgehead atoms. The first-order valence-corrected chi connectivity index (χ1v) is 7.19. The van der Waals surface area contributed by atoms with Gasteiger partial charge in [-0.25, -0.2) is 0 Å².